The van der Waals surface area contributed by atoms with Crippen LogP contribution in [0.4, 0.5) is 0 Å². The molecule has 3 fully saturated rings. The van der Waals surface area contributed by atoms with E-state index in [0.717, 1.165) is 57.2 Å². The van der Waals surface area contributed by atoms with Gasteiger partial charge in [0.05, 0.1) is 18.4 Å². The lowest BCUT2D eigenvalue weighted by Gasteiger charge is -2.47. The van der Waals surface area contributed by atoms with E-state index in [0.29, 0.717) is 0 Å². The monoisotopic (exact) mass is 304 g/mol. The van der Waals surface area contributed by atoms with Crippen molar-refractivity contribution in [3.8, 4) is 0 Å². The maximum atomic E-state index is 12.0. The van der Waals surface area contributed by atoms with Crippen LogP contribution < -0.4 is 0 Å². The average Bonchev–Trinajstić information content (AvgIpc) is 3.19. The molecule has 0 bridgehead atoms. The number of likely N-dealkylation sites (tertiary alicyclic amines) is 1. The molecule has 1 aromatic rings. The van der Waals surface area contributed by atoms with Gasteiger partial charge in [0.2, 0.25) is 5.91 Å². The minimum atomic E-state index is -0.109. The van der Waals surface area contributed by atoms with E-state index in [9.17, 15) is 4.79 Å². The van der Waals surface area contributed by atoms with E-state index in [4.69, 9.17) is 9.15 Å². The van der Waals surface area contributed by atoms with Crippen LogP contribution in [0.2, 0.25) is 0 Å². The number of hydrogen-bond acceptors (Lipinski definition) is 4. The number of carbonyl (C=O) groups excluding carboxylic acids is 1. The molecular weight excluding hydrogens is 280 g/mol. The highest BCUT2D eigenvalue weighted by molar-refractivity contribution is 5.78. The maximum absolute atomic E-state index is 12.0. The zero-order valence-electron chi connectivity index (χ0n) is 13.0. The predicted octanol–water partition coefficient (Wildman–Crippen LogP) is 1.88. The Hall–Kier alpha value is -1.33. The van der Waals surface area contributed by atoms with E-state index in [-0.39, 0.29) is 18.1 Å². The molecule has 5 heteroatoms. The number of rotatable bonds is 4. The molecule has 1 aliphatic carbocycles. The molecule has 1 spiro atoms. The van der Waals surface area contributed by atoms with Crippen molar-refractivity contribution in [3.63, 3.8) is 0 Å². The molecule has 2 aliphatic heterocycles. The molecule has 4 rings (SSSR count). The van der Waals surface area contributed by atoms with E-state index in [1.54, 1.807) is 6.26 Å². The van der Waals surface area contributed by atoms with Crippen molar-refractivity contribution in [3.05, 3.63) is 24.2 Å². The van der Waals surface area contributed by atoms with Crippen molar-refractivity contribution in [2.45, 2.75) is 37.8 Å². The van der Waals surface area contributed by atoms with E-state index < -0.39 is 0 Å². The van der Waals surface area contributed by atoms with Gasteiger partial charge >= 0.3 is 0 Å². The number of morpholine rings is 1. The van der Waals surface area contributed by atoms with E-state index >= 15 is 0 Å². The first-order valence-electron chi connectivity index (χ1n) is 8.39. The number of nitrogens with zero attached hydrogens (tertiary/aromatic N) is 2. The molecule has 22 heavy (non-hydrogen) atoms. The standard InChI is InChI=1S/C17H24N2O3/c20-16-12-22-17(13-19(16)10-14-3-4-14)5-7-18(8-6-17)11-15-2-1-9-21-15/h1-2,9,14H,3-8,10-13H2. The number of carbonyl (C=O) groups is 1. The van der Waals surface area contributed by atoms with Gasteiger partial charge < -0.3 is 14.1 Å². The lowest BCUT2D eigenvalue weighted by atomic mass is 9.89. The first-order chi connectivity index (χ1) is 10.7. The fourth-order valence-corrected chi connectivity index (χ4v) is 3.61. The van der Waals surface area contributed by atoms with Crippen LogP contribution in [0, 0.1) is 5.92 Å². The fourth-order valence-electron chi connectivity index (χ4n) is 3.61. The summed E-state index contributed by atoms with van der Waals surface area (Å²) < 4.78 is 11.4. The number of ether oxygens (including phenoxy) is 1. The van der Waals surface area contributed by atoms with Crippen molar-refractivity contribution in [2.24, 2.45) is 5.92 Å². The van der Waals surface area contributed by atoms with Gasteiger partial charge in [0.1, 0.15) is 12.4 Å². The molecule has 0 atom stereocenters. The van der Waals surface area contributed by atoms with Crippen LogP contribution in [-0.2, 0) is 16.1 Å². The van der Waals surface area contributed by atoms with E-state index in [2.05, 4.69) is 9.80 Å². The Morgan fingerprint density at radius 1 is 1.27 bits per heavy atom. The van der Waals surface area contributed by atoms with Gasteiger partial charge in [-0.2, -0.15) is 0 Å². The molecule has 0 aromatic carbocycles. The number of furan rings is 1. The predicted molar refractivity (Wildman–Crippen MR) is 81.2 cm³/mol. The molecule has 0 N–H and O–H groups in total. The summed E-state index contributed by atoms with van der Waals surface area (Å²) in [4.78, 5) is 16.5. The molecule has 3 aliphatic rings. The van der Waals surface area contributed by atoms with Crippen molar-refractivity contribution in [1.82, 2.24) is 9.80 Å². The minimum absolute atomic E-state index is 0.109. The van der Waals surface area contributed by atoms with Crippen molar-refractivity contribution >= 4 is 5.91 Å². The van der Waals surface area contributed by atoms with Gasteiger partial charge in [-0.05, 0) is 43.7 Å². The summed E-state index contributed by atoms with van der Waals surface area (Å²) in [5.41, 5.74) is -0.109. The third-order valence-corrected chi connectivity index (χ3v) is 5.24. The second-order valence-electron chi connectivity index (χ2n) is 7.04. The zero-order valence-corrected chi connectivity index (χ0v) is 13.0. The Morgan fingerprint density at radius 2 is 2.09 bits per heavy atom. The van der Waals surface area contributed by atoms with Gasteiger partial charge in [0.25, 0.3) is 0 Å². The van der Waals surface area contributed by atoms with Crippen LogP contribution in [0.15, 0.2) is 22.8 Å². The van der Waals surface area contributed by atoms with Gasteiger partial charge in [0, 0.05) is 26.2 Å². The summed E-state index contributed by atoms with van der Waals surface area (Å²) >= 11 is 0. The van der Waals surface area contributed by atoms with Crippen molar-refractivity contribution < 1.29 is 13.9 Å². The third-order valence-electron chi connectivity index (χ3n) is 5.24. The van der Waals surface area contributed by atoms with Crippen LogP contribution in [-0.4, -0.2) is 54.1 Å². The minimum Gasteiger partial charge on any atom is -0.468 e. The summed E-state index contributed by atoms with van der Waals surface area (Å²) in [7, 11) is 0. The first-order valence-corrected chi connectivity index (χ1v) is 8.39. The largest absolute Gasteiger partial charge is 0.468 e. The van der Waals surface area contributed by atoms with Gasteiger partial charge in [-0.15, -0.1) is 0 Å². The molecular formula is C17H24N2O3. The molecule has 1 amide bonds. The van der Waals surface area contributed by atoms with Crippen LogP contribution in [0.25, 0.3) is 0 Å². The lowest BCUT2D eigenvalue weighted by Crippen LogP contribution is -2.58. The normalized spacial score (nSPS) is 25.8. The Balaban J connectivity index is 1.33. The quantitative estimate of drug-likeness (QED) is 0.852. The van der Waals surface area contributed by atoms with Crippen LogP contribution in [0.1, 0.15) is 31.4 Å². The number of piperidine rings is 1. The fraction of sp³-hybridized carbons (Fsp3) is 0.706. The van der Waals surface area contributed by atoms with Crippen molar-refractivity contribution in [1.29, 1.82) is 0 Å². The summed E-state index contributed by atoms with van der Waals surface area (Å²) in [6, 6.07) is 3.96. The average molecular weight is 304 g/mol. The van der Waals surface area contributed by atoms with E-state index in [1.807, 2.05) is 12.1 Å². The molecule has 0 radical (unpaired) electrons. The molecule has 1 aromatic heterocycles. The smallest absolute Gasteiger partial charge is 0.248 e. The first kappa shape index (κ1) is 14.3. The summed E-state index contributed by atoms with van der Waals surface area (Å²) in [6.45, 7) is 4.88. The number of amides is 1. The Morgan fingerprint density at radius 3 is 2.77 bits per heavy atom. The maximum Gasteiger partial charge on any atom is 0.248 e. The van der Waals surface area contributed by atoms with Crippen molar-refractivity contribution in [2.75, 3.05) is 32.8 Å². The topological polar surface area (TPSA) is 45.9 Å². The highest BCUT2D eigenvalue weighted by atomic mass is 16.5. The molecule has 2 saturated heterocycles. The molecule has 5 nitrogen and oxygen atoms in total. The lowest BCUT2D eigenvalue weighted by molar-refractivity contribution is -0.172. The van der Waals surface area contributed by atoms with Gasteiger partial charge in [0.15, 0.2) is 0 Å². The molecule has 1 saturated carbocycles. The van der Waals surface area contributed by atoms with Crippen LogP contribution >= 0.6 is 0 Å². The van der Waals surface area contributed by atoms with Crippen LogP contribution in [0.5, 0.6) is 0 Å². The second kappa shape index (κ2) is 5.70. The Bertz CT molecular complexity index is 516. The highest BCUT2D eigenvalue weighted by Crippen LogP contribution is 2.35. The van der Waals surface area contributed by atoms with Gasteiger partial charge in [-0.1, -0.05) is 0 Å². The highest BCUT2D eigenvalue weighted by Gasteiger charge is 2.43. The summed E-state index contributed by atoms with van der Waals surface area (Å²) in [5, 5.41) is 0. The van der Waals surface area contributed by atoms with Gasteiger partial charge in [-0.25, -0.2) is 0 Å². The summed E-state index contributed by atoms with van der Waals surface area (Å²) in [6.07, 6.45) is 6.31. The van der Waals surface area contributed by atoms with Gasteiger partial charge in [-0.3, -0.25) is 9.69 Å². The number of hydrogen-bond donors (Lipinski definition) is 0. The summed E-state index contributed by atoms with van der Waals surface area (Å²) in [5.74, 6) is 1.94. The second-order valence-corrected chi connectivity index (χ2v) is 7.04. The SMILES string of the molecule is O=C1COC2(CCN(Cc3ccco3)CC2)CN1CC1CC1. The zero-order chi connectivity index (χ0) is 15.0. The molecule has 3 heterocycles. The third kappa shape index (κ3) is 3.06. The Labute approximate surface area is 131 Å². The molecule has 0 unspecified atom stereocenters. The Kier molecular flexibility index (Phi) is 3.70. The van der Waals surface area contributed by atoms with E-state index in [1.165, 1.54) is 12.8 Å². The molecule has 120 valence electrons. The van der Waals surface area contributed by atoms with Crippen LogP contribution in [0.3, 0.4) is 0 Å².